The molecule has 0 saturated heterocycles. The Morgan fingerprint density at radius 2 is 1.90 bits per heavy atom. The lowest BCUT2D eigenvalue weighted by Gasteiger charge is -2.35. The summed E-state index contributed by atoms with van der Waals surface area (Å²) >= 11 is 14.1. The van der Waals surface area contributed by atoms with Crippen molar-refractivity contribution in [2.75, 3.05) is 6.67 Å². The zero-order chi connectivity index (χ0) is 20.5. The number of hydrazone groups is 1. The number of nitrogens with zero attached hydrogens (tertiary/aromatic N) is 2. The first kappa shape index (κ1) is 20.0. The second kappa shape index (κ2) is 8.22. The average Bonchev–Trinajstić information content (AvgIpc) is 2.69. The number of aliphatic hydroxyl groups is 1. The van der Waals surface area contributed by atoms with Crippen molar-refractivity contribution in [3.63, 3.8) is 0 Å². The van der Waals surface area contributed by atoms with E-state index in [0.717, 1.165) is 4.90 Å². The predicted octanol–water partition coefficient (Wildman–Crippen LogP) is 3.66. The van der Waals surface area contributed by atoms with Gasteiger partial charge in [0.15, 0.2) is 0 Å². The highest BCUT2D eigenvalue weighted by Gasteiger charge is 2.30. The molecule has 1 atom stereocenters. The number of fused-ring (bicyclic) bond motifs is 1. The fourth-order valence-corrected chi connectivity index (χ4v) is 4.68. The molecule has 29 heavy (non-hydrogen) atoms. The van der Waals surface area contributed by atoms with Gasteiger partial charge in [-0.15, -0.1) is 0 Å². The molecule has 0 fully saturated rings. The Morgan fingerprint density at radius 1 is 1.17 bits per heavy atom. The first-order valence-corrected chi connectivity index (χ1v) is 10.2. The summed E-state index contributed by atoms with van der Waals surface area (Å²) in [5.41, 5.74) is 7.70. The Hall–Kier alpha value is -2.29. The van der Waals surface area contributed by atoms with Crippen molar-refractivity contribution in [3.05, 3.63) is 81.5 Å². The van der Waals surface area contributed by atoms with E-state index in [1.807, 2.05) is 24.3 Å². The zero-order valence-electron chi connectivity index (χ0n) is 15.0. The van der Waals surface area contributed by atoms with Crippen molar-refractivity contribution in [1.29, 1.82) is 0 Å². The van der Waals surface area contributed by atoms with Gasteiger partial charge in [0.2, 0.25) is 5.91 Å². The van der Waals surface area contributed by atoms with Crippen LogP contribution in [0.3, 0.4) is 0 Å². The monoisotopic (exact) mass is 446 g/mol. The van der Waals surface area contributed by atoms with Gasteiger partial charge >= 0.3 is 0 Å². The molecule has 0 radical (unpaired) electrons. The molecule has 1 unspecified atom stereocenters. The summed E-state index contributed by atoms with van der Waals surface area (Å²) in [4.78, 5) is 12.4. The van der Waals surface area contributed by atoms with Gasteiger partial charge in [-0.05, 0) is 36.4 Å². The maximum Gasteiger partial charge on any atom is 0.249 e. The SMILES string of the molecule is NC(=O)c1ccccc1SC1=NN2CNC(O)C(c3c(Cl)cccc3Cl)=C2C=C1. The number of nitrogens with two attached hydrogens (primary N) is 1. The van der Waals surface area contributed by atoms with E-state index in [-0.39, 0.29) is 0 Å². The number of hydrogen-bond acceptors (Lipinski definition) is 6. The molecule has 0 aromatic heterocycles. The van der Waals surface area contributed by atoms with E-state index < -0.39 is 12.1 Å². The van der Waals surface area contributed by atoms with Gasteiger partial charge in [-0.1, -0.05) is 53.2 Å². The summed E-state index contributed by atoms with van der Waals surface area (Å²) in [6.45, 7) is 0.300. The molecule has 9 heteroatoms. The smallest absolute Gasteiger partial charge is 0.249 e. The maximum atomic E-state index is 11.7. The van der Waals surface area contributed by atoms with Crippen molar-refractivity contribution in [3.8, 4) is 0 Å². The van der Waals surface area contributed by atoms with Gasteiger partial charge in [-0.2, -0.15) is 5.10 Å². The van der Waals surface area contributed by atoms with Crippen LogP contribution >= 0.6 is 35.0 Å². The molecule has 0 spiro atoms. The number of thioether (sulfide) groups is 1. The molecule has 2 aromatic rings. The number of aliphatic hydroxyl groups excluding tert-OH is 1. The predicted molar refractivity (Wildman–Crippen MR) is 117 cm³/mol. The van der Waals surface area contributed by atoms with Crippen LogP contribution in [0.15, 0.2) is 70.3 Å². The molecule has 4 rings (SSSR count). The first-order valence-electron chi connectivity index (χ1n) is 8.66. The Balaban J connectivity index is 1.71. The van der Waals surface area contributed by atoms with E-state index >= 15 is 0 Å². The topological polar surface area (TPSA) is 91.0 Å². The fourth-order valence-electron chi connectivity index (χ4n) is 3.15. The fraction of sp³-hybridized carbons (Fsp3) is 0.100. The number of rotatable bonds is 3. The van der Waals surface area contributed by atoms with E-state index in [4.69, 9.17) is 28.9 Å². The van der Waals surface area contributed by atoms with Crippen LogP contribution in [0.5, 0.6) is 0 Å². The number of nitrogens with one attached hydrogen (secondary N) is 1. The van der Waals surface area contributed by atoms with Gasteiger partial charge in [0, 0.05) is 26.1 Å². The lowest BCUT2D eigenvalue weighted by atomic mass is 9.99. The molecule has 2 heterocycles. The summed E-state index contributed by atoms with van der Waals surface area (Å²) in [6.07, 6.45) is 2.72. The number of amides is 1. The first-order chi connectivity index (χ1) is 14.0. The van der Waals surface area contributed by atoms with E-state index in [9.17, 15) is 9.90 Å². The molecule has 0 saturated carbocycles. The summed E-state index contributed by atoms with van der Waals surface area (Å²) < 4.78 is 0. The number of primary amides is 1. The van der Waals surface area contributed by atoms with Crippen molar-refractivity contribution >= 4 is 51.5 Å². The number of benzene rings is 2. The Labute approximate surface area is 181 Å². The number of carbonyl (C=O) groups is 1. The lowest BCUT2D eigenvalue weighted by Crippen LogP contribution is -2.44. The molecule has 0 bridgehead atoms. The summed E-state index contributed by atoms with van der Waals surface area (Å²) in [5, 5.41) is 21.4. The molecule has 4 N–H and O–H groups in total. The van der Waals surface area contributed by atoms with E-state index in [1.54, 1.807) is 35.3 Å². The van der Waals surface area contributed by atoms with Crippen LogP contribution < -0.4 is 11.1 Å². The minimum absolute atomic E-state index is 0.300. The summed E-state index contributed by atoms with van der Waals surface area (Å²) in [5.74, 6) is -0.493. The number of halogens is 2. The van der Waals surface area contributed by atoms with Crippen LogP contribution in [0.1, 0.15) is 15.9 Å². The van der Waals surface area contributed by atoms with Gasteiger partial charge in [-0.25, -0.2) is 5.01 Å². The molecule has 0 aliphatic carbocycles. The normalized spacial score (nSPS) is 18.5. The quantitative estimate of drug-likeness (QED) is 0.668. The van der Waals surface area contributed by atoms with Crippen LogP contribution in [0, 0.1) is 0 Å². The zero-order valence-corrected chi connectivity index (χ0v) is 17.3. The second-order valence-electron chi connectivity index (χ2n) is 6.29. The van der Waals surface area contributed by atoms with Crippen LogP contribution in [-0.4, -0.2) is 34.0 Å². The highest BCUT2D eigenvalue weighted by molar-refractivity contribution is 8.14. The van der Waals surface area contributed by atoms with Crippen LogP contribution in [0.2, 0.25) is 10.0 Å². The molecule has 2 aromatic carbocycles. The Kier molecular flexibility index (Phi) is 5.67. The van der Waals surface area contributed by atoms with Crippen LogP contribution in [-0.2, 0) is 0 Å². The molecule has 2 aliphatic heterocycles. The van der Waals surface area contributed by atoms with Gasteiger partial charge < -0.3 is 10.8 Å². The van der Waals surface area contributed by atoms with Crippen molar-refractivity contribution in [2.45, 2.75) is 11.1 Å². The van der Waals surface area contributed by atoms with Gasteiger partial charge in [0.1, 0.15) is 11.3 Å². The number of allylic oxidation sites excluding steroid dienone is 1. The average molecular weight is 447 g/mol. The standard InChI is InChI=1S/C20H16Cl2N4O2S/c21-12-5-3-6-13(22)17(12)18-14-8-9-16(25-26(14)10-24-20(18)28)29-15-7-2-1-4-11(15)19(23)27/h1-9,20,24,28H,10H2,(H2,23,27). The van der Waals surface area contributed by atoms with Crippen molar-refractivity contribution < 1.29 is 9.90 Å². The van der Waals surface area contributed by atoms with Gasteiger partial charge in [0.05, 0.1) is 17.9 Å². The number of hydrogen-bond donors (Lipinski definition) is 3. The molecule has 6 nitrogen and oxygen atoms in total. The second-order valence-corrected chi connectivity index (χ2v) is 8.17. The third-order valence-electron chi connectivity index (χ3n) is 4.46. The van der Waals surface area contributed by atoms with Gasteiger partial charge in [-0.3, -0.25) is 10.1 Å². The Bertz CT molecular complexity index is 1060. The number of carbonyl (C=O) groups excluding carboxylic acids is 1. The third kappa shape index (κ3) is 3.92. The summed E-state index contributed by atoms with van der Waals surface area (Å²) in [6, 6.07) is 12.3. The van der Waals surface area contributed by atoms with E-state index in [1.165, 1.54) is 11.8 Å². The molecule has 148 valence electrons. The largest absolute Gasteiger partial charge is 0.374 e. The maximum absolute atomic E-state index is 11.7. The van der Waals surface area contributed by atoms with Crippen molar-refractivity contribution in [2.24, 2.45) is 10.8 Å². The van der Waals surface area contributed by atoms with Crippen molar-refractivity contribution in [1.82, 2.24) is 10.3 Å². The van der Waals surface area contributed by atoms with E-state index in [2.05, 4.69) is 10.4 Å². The molecule has 2 aliphatic rings. The minimum Gasteiger partial charge on any atom is -0.374 e. The minimum atomic E-state index is -0.941. The highest BCUT2D eigenvalue weighted by Crippen LogP contribution is 2.38. The van der Waals surface area contributed by atoms with Gasteiger partial charge in [0.25, 0.3) is 0 Å². The summed E-state index contributed by atoms with van der Waals surface area (Å²) in [7, 11) is 0. The molecular weight excluding hydrogens is 431 g/mol. The lowest BCUT2D eigenvalue weighted by molar-refractivity contribution is 0.0997. The highest BCUT2D eigenvalue weighted by atomic mass is 35.5. The molecular formula is C20H16Cl2N4O2S. The Morgan fingerprint density at radius 3 is 2.62 bits per heavy atom. The molecule has 1 amide bonds. The van der Waals surface area contributed by atoms with Crippen LogP contribution in [0.4, 0.5) is 0 Å². The third-order valence-corrected chi connectivity index (χ3v) is 6.10. The van der Waals surface area contributed by atoms with Crippen LogP contribution in [0.25, 0.3) is 5.57 Å². The van der Waals surface area contributed by atoms with E-state index in [0.29, 0.717) is 44.2 Å².